The number of aromatic nitrogens is 2. The van der Waals surface area contributed by atoms with E-state index in [0.29, 0.717) is 11.0 Å². The number of hydrogen-bond acceptors (Lipinski definition) is 4. The first-order valence-corrected chi connectivity index (χ1v) is 8.69. The third kappa shape index (κ3) is 4.91. The van der Waals surface area contributed by atoms with Crippen LogP contribution in [0.2, 0.25) is 5.15 Å². The molecule has 122 valence electrons. The average Bonchev–Trinajstić information content (AvgIpc) is 2.83. The van der Waals surface area contributed by atoms with Crippen LogP contribution in [-0.2, 0) is 13.1 Å². The number of halogens is 1. The van der Waals surface area contributed by atoms with E-state index < -0.39 is 0 Å². The average molecular weight is 331 g/mol. The highest BCUT2D eigenvalue weighted by Crippen LogP contribution is 2.17. The first-order chi connectivity index (χ1) is 11.3. The zero-order chi connectivity index (χ0) is 15.9. The Balaban J connectivity index is 1.65. The fourth-order valence-corrected chi connectivity index (χ4v) is 3.18. The molecule has 3 rings (SSSR count). The summed E-state index contributed by atoms with van der Waals surface area (Å²) in [4.78, 5) is 10.9. The Morgan fingerprint density at radius 3 is 2.48 bits per heavy atom. The van der Waals surface area contributed by atoms with Crippen molar-refractivity contribution in [3.05, 3.63) is 52.9 Å². The molecule has 0 unspecified atom stereocenters. The van der Waals surface area contributed by atoms with Crippen molar-refractivity contribution in [2.45, 2.75) is 38.8 Å². The normalized spacial score (nSPS) is 16.0. The van der Waals surface area contributed by atoms with Gasteiger partial charge in [0, 0.05) is 13.1 Å². The van der Waals surface area contributed by atoms with Crippen LogP contribution in [0.15, 0.2) is 36.7 Å². The lowest BCUT2D eigenvalue weighted by atomic mass is 10.1. The molecule has 1 aliphatic rings. The molecule has 1 N–H and O–H groups in total. The predicted octanol–water partition coefficient (Wildman–Crippen LogP) is 4.12. The second-order valence-electron chi connectivity index (χ2n) is 6.04. The van der Waals surface area contributed by atoms with Gasteiger partial charge in [0.15, 0.2) is 0 Å². The number of hydrogen-bond donors (Lipinski definition) is 1. The predicted molar refractivity (Wildman–Crippen MR) is 94.6 cm³/mol. The molecular formula is C18H23ClN4. The fraction of sp³-hybridized carbons (Fsp3) is 0.444. The topological polar surface area (TPSA) is 41.1 Å². The highest BCUT2D eigenvalue weighted by molar-refractivity contribution is 6.29. The van der Waals surface area contributed by atoms with Crippen molar-refractivity contribution in [1.82, 2.24) is 14.9 Å². The maximum atomic E-state index is 5.88. The molecule has 1 fully saturated rings. The molecule has 1 aromatic carbocycles. The summed E-state index contributed by atoms with van der Waals surface area (Å²) in [7, 11) is 0. The van der Waals surface area contributed by atoms with Crippen molar-refractivity contribution in [1.29, 1.82) is 0 Å². The van der Waals surface area contributed by atoms with Gasteiger partial charge in [-0.15, -0.1) is 0 Å². The van der Waals surface area contributed by atoms with E-state index in [-0.39, 0.29) is 0 Å². The van der Waals surface area contributed by atoms with Crippen LogP contribution >= 0.6 is 11.6 Å². The lowest BCUT2D eigenvalue weighted by molar-refractivity contribution is 0.276. The third-order valence-electron chi connectivity index (χ3n) is 4.28. The highest BCUT2D eigenvalue weighted by atomic mass is 35.5. The van der Waals surface area contributed by atoms with E-state index in [9.17, 15) is 0 Å². The highest BCUT2D eigenvalue weighted by Gasteiger charge is 2.11. The van der Waals surface area contributed by atoms with Gasteiger partial charge in [0.05, 0.1) is 12.4 Å². The molecule has 2 heterocycles. The minimum atomic E-state index is 0.410. The molecule has 0 saturated carbocycles. The summed E-state index contributed by atoms with van der Waals surface area (Å²) in [6.07, 6.45) is 8.61. The van der Waals surface area contributed by atoms with Crippen molar-refractivity contribution in [3.63, 3.8) is 0 Å². The largest absolute Gasteiger partial charge is 0.365 e. The van der Waals surface area contributed by atoms with Gasteiger partial charge in [-0.3, -0.25) is 9.88 Å². The van der Waals surface area contributed by atoms with Crippen molar-refractivity contribution in [2.75, 3.05) is 18.4 Å². The molecule has 23 heavy (non-hydrogen) atoms. The van der Waals surface area contributed by atoms with Crippen LogP contribution < -0.4 is 5.32 Å². The van der Waals surface area contributed by atoms with E-state index in [1.807, 2.05) is 0 Å². The number of likely N-dealkylation sites (tertiary alicyclic amines) is 1. The van der Waals surface area contributed by atoms with E-state index in [1.54, 1.807) is 12.4 Å². The van der Waals surface area contributed by atoms with Crippen LogP contribution in [0.5, 0.6) is 0 Å². The van der Waals surface area contributed by atoms with Gasteiger partial charge < -0.3 is 5.32 Å². The smallest absolute Gasteiger partial charge is 0.149 e. The number of rotatable bonds is 5. The molecular weight excluding hydrogens is 308 g/mol. The summed E-state index contributed by atoms with van der Waals surface area (Å²) in [6.45, 7) is 4.18. The third-order valence-corrected chi connectivity index (χ3v) is 4.46. The van der Waals surface area contributed by atoms with Crippen LogP contribution in [0.4, 0.5) is 5.82 Å². The van der Waals surface area contributed by atoms with Crippen molar-refractivity contribution in [2.24, 2.45) is 0 Å². The van der Waals surface area contributed by atoms with Crippen LogP contribution in [-0.4, -0.2) is 28.0 Å². The minimum absolute atomic E-state index is 0.410. The van der Waals surface area contributed by atoms with Crippen LogP contribution in [0.3, 0.4) is 0 Å². The Morgan fingerprint density at radius 1 is 1.00 bits per heavy atom. The first kappa shape index (κ1) is 16.2. The van der Waals surface area contributed by atoms with Crippen LogP contribution in [0.1, 0.15) is 36.8 Å². The lowest BCUT2D eigenvalue weighted by Crippen LogP contribution is -2.24. The van der Waals surface area contributed by atoms with Crippen molar-refractivity contribution < 1.29 is 0 Å². The molecule has 4 nitrogen and oxygen atoms in total. The minimum Gasteiger partial charge on any atom is -0.365 e. The maximum Gasteiger partial charge on any atom is 0.149 e. The van der Waals surface area contributed by atoms with Gasteiger partial charge in [0.2, 0.25) is 0 Å². The monoisotopic (exact) mass is 330 g/mol. The maximum absolute atomic E-state index is 5.88. The Labute approximate surface area is 142 Å². The molecule has 0 bridgehead atoms. The molecule has 1 aromatic heterocycles. The SMILES string of the molecule is Clc1cncc(NCc2ccccc2CN2CCCCCC2)n1. The zero-order valence-corrected chi connectivity index (χ0v) is 14.1. The second kappa shape index (κ2) is 8.27. The molecule has 0 spiro atoms. The first-order valence-electron chi connectivity index (χ1n) is 8.32. The van der Waals surface area contributed by atoms with Gasteiger partial charge in [-0.05, 0) is 37.1 Å². The Morgan fingerprint density at radius 2 is 1.74 bits per heavy atom. The summed E-state index contributed by atoms with van der Waals surface area (Å²) in [6, 6.07) is 8.62. The molecule has 0 atom stereocenters. The summed E-state index contributed by atoms with van der Waals surface area (Å²) in [5.41, 5.74) is 2.69. The number of anilines is 1. The number of nitrogens with zero attached hydrogens (tertiary/aromatic N) is 3. The second-order valence-corrected chi connectivity index (χ2v) is 6.43. The summed E-state index contributed by atoms with van der Waals surface area (Å²) >= 11 is 5.88. The Bertz CT molecular complexity index is 624. The van der Waals surface area contributed by atoms with Crippen LogP contribution in [0, 0.1) is 0 Å². The summed E-state index contributed by atoms with van der Waals surface area (Å²) in [5.74, 6) is 0.710. The van der Waals surface area contributed by atoms with Crippen molar-refractivity contribution in [3.8, 4) is 0 Å². The van der Waals surface area contributed by atoms with E-state index in [1.165, 1.54) is 49.9 Å². The van der Waals surface area contributed by atoms with Crippen molar-refractivity contribution >= 4 is 17.4 Å². The lowest BCUT2D eigenvalue weighted by Gasteiger charge is -2.21. The Hall–Kier alpha value is -1.65. The molecule has 1 saturated heterocycles. The van der Waals surface area contributed by atoms with Crippen LogP contribution in [0.25, 0.3) is 0 Å². The molecule has 0 aliphatic carbocycles. The van der Waals surface area contributed by atoms with E-state index >= 15 is 0 Å². The molecule has 5 heteroatoms. The number of benzene rings is 1. The quantitative estimate of drug-likeness (QED) is 0.895. The summed E-state index contributed by atoms with van der Waals surface area (Å²) < 4.78 is 0. The molecule has 2 aromatic rings. The summed E-state index contributed by atoms with van der Waals surface area (Å²) in [5, 5.41) is 3.73. The van der Waals surface area contributed by atoms with Gasteiger partial charge in [0.1, 0.15) is 11.0 Å². The molecule has 0 amide bonds. The van der Waals surface area contributed by atoms with E-state index in [0.717, 1.165) is 13.1 Å². The fourth-order valence-electron chi connectivity index (χ4n) is 3.03. The zero-order valence-electron chi connectivity index (χ0n) is 13.3. The molecule has 1 aliphatic heterocycles. The molecule has 0 radical (unpaired) electrons. The van der Waals surface area contributed by atoms with E-state index in [2.05, 4.69) is 44.5 Å². The van der Waals surface area contributed by atoms with Gasteiger partial charge in [-0.1, -0.05) is 48.7 Å². The van der Waals surface area contributed by atoms with Gasteiger partial charge in [-0.25, -0.2) is 4.98 Å². The van der Waals surface area contributed by atoms with Gasteiger partial charge in [-0.2, -0.15) is 0 Å². The van der Waals surface area contributed by atoms with Gasteiger partial charge >= 0.3 is 0 Å². The Kier molecular flexibility index (Phi) is 5.83. The van der Waals surface area contributed by atoms with Gasteiger partial charge in [0.25, 0.3) is 0 Å². The van der Waals surface area contributed by atoms with E-state index in [4.69, 9.17) is 11.6 Å². The standard InChI is InChI=1S/C18H23ClN4/c19-17-12-20-13-18(22-17)21-11-15-7-3-4-8-16(15)14-23-9-5-1-2-6-10-23/h3-4,7-8,12-13H,1-2,5-6,9-11,14H2,(H,21,22). The number of nitrogens with one attached hydrogen (secondary N) is 1.